The number of rotatable bonds is 6. The van der Waals surface area contributed by atoms with Gasteiger partial charge in [0.25, 0.3) is 10.1 Å². The van der Waals surface area contributed by atoms with Gasteiger partial charge in [-0.15, -0.1) is 0 Å². The number of hydrogen-bond donors (Lipinski definition) is 2. The predicted octanol–water partition coefficient (Wildman–Crippen LogP) is 5.17. The fourth-order valence-electron chi connectivity index (χ4n) is 2.60. The average Bonchev–Trinajstić information content (AvgIpc) is 2.72. The first-order chi connectivity index (χ1) is 14.7. The Kier molecular flexibility index (Phi) is 9.02. The molecule has 3 rings (SSSR count). The van der Waals surface area contributed by atoms with Crippen LogP contribution in [0.25, 0.3) is 17.2 Å². The zero-order valence-corrected chi connectivity index (χ0v) is 17.6. The van der Waals surface area contributed by atoms with Crippen LogP contribution in [0.15, 0.2) is 77.7 Å². The first-order valence-corrected chi connectivity index (χ1v) is 10.7. The molecule has 0 unspecified atom stereocenters. The van der Waals surface area contributed by atoms with Gasteiger partial charge in [-0.2, -0.15) is 8.42 Å². The third-order valence-electron chi connectivity index (χ3n) is 4.16. The SMILES string of the molecule is Cc1ccc(S(=O)(=O)O)cc1.NOCCC=Cc1cccc(-c2ccc(F)cc2F)c1. The van der Waals surface area contributed by atoms with Gasteiger partial charge in [-0.25, -0.2) is 14.7 Å². The fraction of sp³-hybridized carbons (Fsp3) is 0.130. The summed E-state index contributed by atoms with van der Waals surface area (Å²) in [5.74, 6) is 3.78. The maximum atomic E-state index is 13.7. The van der Waals surface area contributed by atoms with Crippen molar-refractivity contribution in [1.82, 2.24) is 0 Å². The molecule has 0 spiro atoms. The van der Waals surface area contributed by atoms with Crippen LogP contribution in [0.4, 0.5) is 8.78 Å². The highest BCUT2D eigenvalue weighted by Crippen LogP contribution is 2.24. The standard InChI is InChI=1S/C16H15F2NO.C7H8O3S/c17-14-7-8-15(16(18)11-14)13-6-3-5-12(10-13)4-1-2-9-20-19;1-6-2-4-7(5-3-6)11(8,9)10/h1,3-8,10-11H,2,9,19H2;2-5H,1H3,(H,8,9,10). The number of nitrogens with two attached hydrogens (primary N) is 1. The highest BCUT2D eigenvalue weighted by atomic mass is 32.2. The van der Waals surface area contributed by atoms with E-state index in [0.29, 0.717) is 24.2 Å². The second-order valence-electron chi connectivity index (χ2n) is 6.60. The Morgan fingerprint density at radius 2 is 1.74 bits per heavy atom. The summed E-state index contributed by atoms with van der Waals surface area (Å²) < 4.78 is 56.2. The molecule has 0 aromatic heterocycles. The van der Waals surface area contributed by atoms with Crippen LogP contribution in [-0.2, 0) is 15.0 Å². The number of halogens is 2. The van der Waals surface area contributed by atoms with E-state index in [2.05, 4.69) is 4.84 Å². The lowest BCUT2D eigenvalue weighted by Gasteiger charge is -2.05. The summed E-state index contributed by atoms with van der Waals surface area (Å²) in [5, 5.41) is 0. The molecule has 0 aliphatic rings. The van der Waals surface area contributed by atoms with Gasteiger partial charge in [0.05, 0.1) is 11.5 Å². The van der Waals surface area contributed by atoms with Crippen LogP contribution < -0.4 is 5.90 Å². The third kappa shape index (κ3) is 8.03. The van der Waals surface area contributed by atoms with Crippen molar-refractivity contribution in [1.29, 1.82) is 0 Å². The molecule has 164 valence electrons. The quantitative estimate of drug-likeness (QED) is 0.309. The Labute approximate surface area is 180 Å². The van der Waals surface area contributed by atoms with Gasteiger partial charge >= 0.3 is 0 Å². The molecule has 5 nitrogen and oxygen atoms in total. The Hall–Kier alpha value is -2.91. The summed E-state index contributed by atoms with van der Waals surface area (Å²) in [6.07, 6.45) is 4.53. The molecule has 0 aliphatic heterocycles. The second-order valence-corrected chi connectivity index (χ2v) is 8.02. The zero-order chi connectivity index (χ0) is 22.9. The molecule has 0 atom stereocenters. The van der Waals surface area contributed by atoms with Gasteiger partial charge < -0.3 is 4.84 Å². The van der Waals surface area contributed by atoms with Gasteiger partial charge in [0.2, 0.25) is 0 Å². The minimum Gasteiger partial charge on any atom is -0.304 e. The highest BCUT2D eigenvalue weighted by Gasteiger charge is 2.07. The van der Waals surface area contributed by atoms with Crippen molar-refractivity contribution in [3.8, 4) is 11.1 Å². The number of aryl methyl sites for hydroxylation is 1. The minimum absolute atomic E-state index is 0.0666. The van der Waals surface area contributed by atoms with E-state index in [1.54, 1.807) is 18.2 Å². The van der Waals surface area contributed by atoms with Gasteiger partial charge in [0.15, 0.2) is 0 Å². The van der Waals surface area contributed by atoms with Crippen LogP contribution in [0.2, 0.25) is 0 Å². The summed E-state index contributed by atoms with van der Waals surface area (Å²) >= 11 is 0. The third-order valence-corrected chi connectivity index (χ3v) is 5.03. The van der Waals surface area contributed by atoms with Gasteiger partial charge in [-0.1, -0.05) is 48.0 Å². The molecule has 0 heterocycles. The number of hydrogen-bond acceptors (Lipinski definition) is 4. The molecule has 0 aliphatic carbocycles. The molecule has 0 saturated carbocycles. The van der Waals surface area contributed by atoms with Crippen molar-refractivity contribution >= 4 is 16.2 Å². The minimum atomic E-state index is -4.02. The zero-order valence-electron chi connectivity index (χ0n) is 16.8. The molecule has 3 aromatic carbocycles. The van der Waals surface area contributed by atoms with E-state index in [9.17, 15) is 17.2 Å². The van der Waals surface area contributed by atoms with Crippen LogP contribution in [0.1, 0.15) is 17.5 Å². The normalized spacial score (nSPS) is 11.3. The molecular formula is C23H23F2NO4S. The number of benzene rings is 3. The van der Waals surface area contributed by atoms with Crippen molar-refractivity contribution < 1.29 is 26.6 Å². The summed E-state index contributed by atoms with van der Waals surface area (Å²) in [6, 6.07) is 16.9. The topological polar surface area (TPSA) is 89.6 Å². The van der Waals surface area contributed by atoms with Crippen LogP contribution in [0, 0.1) is 18.6 Å². The van der Waals surface area contributed by atoms with Crippen LogP contribution in [0.5, 0.6) is 0 Å². The lowest BCUT2D eigenvalue weighted by Crippen LogP contribution is -1.98. The van der Waals surface area contributed by atoms with Crippen molar-refractivity contribution in [3.05, 3.63) is 95.6 Å². The molecule has 0 fully saturated rings. The van der Waals surface area contributed by atoms with E-state index in [1.165, 1.54) is 24.3 Å². The van der Waals surface area contributed by atoms with Crippen molar-refractivity contribution in [2.24, 2.45) is 5.90 Å². The summed E-state index contributed by atoms with van der Waals surface area (Å²) in [7, 11) is -4.02. The van der Waals surface area contributed by atoms with Gasteiger partial charge in [-0.05, 0) is 54.8 Å². The van der Waals surface area contributed by atoms with E-state index < -0.39 is 21.8 Å². The van der Waals surface area contributed by atoms with Crippen molar-refractivity contribution in [2.75, 3.05) is 6.61 Å². The molecule has 0 bridgehead atoms. The van der Waals surface area contributed by atoms with Crippen LogP contribution >= 0.6 is 0 Å². The van der Waals surface area contributed by atoms with E-state index >= 15 is 0 Å². The first kappa shape index (κ1) is 24.4. The lowest BCUT2D eigenvalue weighted by molar-refractivity contribution is 0.143. The summed E-state index contributed by atoms with van der Waals surface area (Å²) in [5.41, 5.74) is 2.98. The van der Waals surface area contributed by atoms with E-state index in [-0.39, 0.29) is 4.90 Å². The van der Waals surface area contributed by atoms with Crippen LogP contribution in [-0.4, -0.2) is 19.6 Å². The fourth-order valence-corrected chi connectivity index (χ4v) is 3.08. The Morgan fingerprint density at radius 3 is 2.35 bits per heavy atom. The van der Waals surface area contributed by atoms with Crippen molar-refractivity contribution in [3.63, 3.8) is 0 Å². The maximum absolute atomic E-state index is 13.7. The molecule has 3 N–H and O–H groups in total. The Morgan fingerprint density at radius 1 is 1.03 bits per heavy atom. The largest absolute Gasteiger partial charge is 0.304 e. The molecule has 0 amide bonds. The average molecular weight is 448 g/mol. The first-order valence-electron chi connectivity index (χ1n) is 9.28. The molecule has 0 radical (unpaired) electrons. The van der Waals surface area contributed by atoms with E-state index in [0.717, 1.165) is 17.2 Å². The predicted molar refractivity (Wildman–Crippen MR) is 117 cm³/mol. The van der Waals surface area contributed by atoms with Gasteiger partial charge in [-0.3, -0.25) is 4.55 Å². The van der Waals surface area contributed by atoms with Gasteiger partial charge in [0.1, 0.15) is 11.6 Å². The van der Waals surface area contributed by atoms with Crippen LogP contribution in [0.3, 0.4) is 0 Å². The molecule has 8 heteroatoms. The molecule has 31 heavy (non-hydrogen) atoms. The second kappa shape index (κ2) is 11.5. The Bertz CT molecular complexity index is 1130. The molecular weight excluding hydrogens is 424 g/mol. The Balaban J connectivity index is 0.000000262. The smallest absolute Gasteiger partial charge is 0.294 e. The summed E-state index contributed by atoms with van der Waals surface area (Å²) in [4.78, 5) is 4.40. The van der Waals surface area contributed by atoms with E-state index in [4.69, 9.17) is 10.4 Å². The summed E-state index contributed by atoms with van der Waals surface area (Å²) in [6.45, 7) is 2.29. The monoisotopic (exact) mass is 447 g/mol. The molecule has 3 aromatic rings. The maximum Gasteiger partial charge on any atom is 0.294 e. The van der Waals surface area contributed by atoms with Gasteiger partial charge in [0, 0.05) is 11.6 Å². The molecule has 0 saturated heterocycles. The van der Waals surface area contributed by atoms with Crippen molar-refractivity contribution in [2.45, 2.75) is 18.2 Å². The van der Waals surface area contributed by atoms with E-state index in [1.807, 2.05) is 37.3 Å². The lowest BCUT2D eigenvalue weighted by atomic mass is 10.0. The highest BCUT2D eigenvalue weighted by molar-refractivity contribution is 7.85.